The van der Waals surface area contributed by atoms with Crippen LogP contribution in [0.15, 0.2) is 0 Å². The Kier molecular flexibility index (Phi) is 4.04. The smallest absolute Gasteiger partial charge is 0.323 e. The van der Waals surface area contributed by atoms with E-state index in [2.05, 4.69) is 5.32 Å². The molecule has 7 nitrogen and oxygen atoms in total. The molecule has 2 aliphatic rings. The monoisotopic (exact) mass is 268 g/mol. The van der Waals surface area contributed by atoms with E-state index in [1.54, 1.807) is 0 Å². The second-order valence-corrected chi connectivity index (χ2v) is 5.24. The number of nitrogens with two attached hydrogens (primary N) is 1. The molecule has 7 heteroatoms. The molecule has 1 aliphatic carbocycles. The first-order valence-corrected chi connectivity index (χ1v) is 6.73. The topological polar surface area (TPSA) is 105 Å². The zero-order valence-corrected chi connectivity index (χ0v) is 10.9. The molecule has 2 rings (SSSR count). The zero-order valence-electron chi connectivity index (χ0n) is 10.9. The van der Waals surface area contributed by atoms with Gasteiger partial charge in [-0.3, -0.25) is 19.9 Å². The van der Waals surface area contributed by atoms with Gasteiger partial charge in [0.05, 0.1) is 0 Å². The van der Waals surface area contributed by atoms with Crippen molar-refractivity contribution in [3.05, 3.63) is 0 Å². The Morgan fingerprint density at radius 2 is 1.79 bits per heavy atom. The van der Waals surface area contributed by atoms with Gasteiger partial charge in [0.2, 0.25) is 0 Å². The van der Waals surface area contributed by atoms with Crippen LogP contribution in [0.1, 0.15) is 44.9 Å². The van der Waals surface area contributed by atoms with E-state index in [1.165, 1.54) is 6.42 Å². The van der Waals surface area contributed by atoms with Gasteiger partial charge in [0, 0.05) is 0 Å². The number of nitrogens with one attached hydrogen (secondary N) is 2. The Labute approximate surface area is 111 Å². The molecule has 2 fully saturated rings. The Hall–Kier alpha value is -1.63. The SMILES string of the molecule is NNC(=O)CN1C(=O)NC2(CCCCCCC2)C1=O. The van der Waals surface area contributed by atoms with Gasteiger partial charge in [0.25, 0.3) is 11.8 Å². The summed E-state index contributed by atoms with van der Waals surface area (Å²) in [5.74, 6) is 4.15. The maximum atomic E-state index is 12.4. The fraction of sp³-hybridized carbons (Fsp3) is 0.750. The van der Waals surface area contributed by atoms with E-state index >= 15 is 0 Å². The minimum atomic E-state index is -0.799. The molecule has 1 heterocycles. The van der Waals surface area contributed by atoms with Crippen molar-refractivity contribution in [2.75, 3.05) is 6.54 Å². The molecule has 0 radical (unpaired) electrons. The van der Waals surface area contributed by atoms with E-state index in [1.807, 2.05) is 5.43 Å². The Bertz CT molecular complexity index is 388. The van der Waals surface area contributed by atoms with Gasteiger partial charge in [0.1, 0.15) is 12.1 Å². The van der Waals surface area contributed by atoms with E-state index in [9.17, 15) is 14.4 Å². The van der Waals surface area contributed by atoms with E-state index in [4.69, 9.17) is 5.84 Å². The molecular formula is C12H20N4O3. The number of urea groups is 1. The molecule has 19 heavy (non-hydrogen) atoms. The molecule has 0 atom stereocenters. The lowest BCUT2D eigenvalue weighted by Gasteiger charge is -2.28. The lowest BCUT2D eigenvalue weighted by atomic mass is 9.84. The summed E-state index contributed by atoms with van der Waals surface area (Å²) in [6.07, 6.45) is 6.47. The fourth-order valence-corrected chi connectivity index (χ4v) is 2.86. The number of hydrogen-bond donors (Lipinski definition) is 3. The third-order valence-corrected chi connectivity index (χ3v) is 3.92. The standard InChI is InChI=1S/C12H20N4O3/c13-15-9(17)8-16-10(18)12(14-11(16)19)6-4-2-1-3-5-7-12/h1-8,13H2,(H,14,19)(H,15,17). The van der Waals surface area contributed by atoms with Crippen molar-refractivity contribution >= 4 is 17.8 Å². The molecule has 106 valence electrons. The summed E-state index contributed by atoms with van der Waals surface area (Å²) in [7, 11) is 0. The van der Waals surface area contributed by atoms with Crippen LogP contribution >= 0.6 is 0 Å². The number of hydrazine groups is 1. The number of carbonyl (C=O) groups excluding carboxylic acids is 3. The first kappa shape index (κ1) is 13.8. The third kappa shape index (κ3) is 2.70. The fourth-order valence-electron chi connectivity index (χ4n) is 2.86. The molecule has 0 aromatic carbocycles. The first-order chi connectivity index (χ1) is 9.09. The minimum Gasteiger partial charge on any atom is -0.323 e. The Morgan fingerprint density at radius 3 is 2.37 bits per heavy atom. The Balaban J connectivity index is 2.12. The van der Waals surface area contributed by atoms with E-state index in [0.29, 0.717) is 12.8 Å². The summed E-state index contributed by atoms with van der Waals surface area (Å²) in [4.78, 5) is 36.5. The number of imide groups is 1. The lowest BCUT2D eigenvalue weighted by molar-refractivity contribution is -0.135. The molecule has 0 aromatic rings. The largest absolute Gasteiger partial charge is 0.325 e. The van der Waals surface area contributed by atoms with Crippen molar-refractivity contribution in [1.82, 2.24) is 15.6 Å². The molecule has 1 spiro atoms. The molecule has 0 unspecified atom stereocenters. The van der Waals surface area contributed by atoms with Crippen molar-refractivity contribution < 1.29 is 14.4 Å². The molecule has 0 bridgehead atoms. The van der Waals surface area contributed by atoms with Gasteiger partial charge >= 0.3 is 6.03 Å². The lowest BCUT2D eigenvalue weighted by Crippen LogP contribution is -2.48. The van der Waals surface area contributed by atoms with Crippen LogP contribution in [0, 0.1) is 0 Å². The summed E-state index contributed by atoms with van der Waals surface area (Å²) in [5, 5.41) is 2.78. The molecule has 1 saturated carbocycles. The predicted octanol–water partition coefficient (Wildman–Crippen LogP) is 0.0112. The van der Waals surface area contributed by atoms with Crippen molar-refractivity contribution in [3.8, 4) is 0 Å². The maximum Gasteiger partial charge on any atom is 0.325 e. The average molecular weight is 268 g/mol. The number of carbonyl (C=O) groups is 3. The van der Waals surface area contributed by atoms with Crippen LogP contribution in [-0.2, 0) is 9.59 Å². The van der Waals surface area contributed by atoms with Crippen LogP contribution in [0.4, 0.5) is 4.79 Å². The Morgan fingerprint density at radius 1 is 1.21 bits per heavy atom. The molecule has 0 aromatic heterocycles. The number of nitrogens with zero attached hydrogens (tertiary/aromatic N) is 1. The van der Waals surface area contributed by atoms with Gasteiger partial charge in [-0.25, -0.2) is 10.6 Å². The molecular weight excluding hydrogens is 248 g/mol. The van der Waals surface area contributed by atoms with Crippen molar-refractivity contribution in [2.24, 2.45) is 5.84 Å². The van der Waals surface area contributed by atoms with Crippen LogP contribution in [0.25, 0.3) is 0 Å². The highest BCUT2D eigenvalue weighted by Crippen LogP contribution is 2.31. The van der Waals surface area contributed by atoms with Crippen LogP contribution < -0.4 is 16.6 Å². The molecule has 4 amide bonds. The van der Waals surface area contributed by atoms with Crippen molar-refractivity contribution in [3.63, 3.8) is 0 Å². The van der Waals surface area contributed by atoms with Crippen LogP contribution in [-0.4, -0.2) is 34.8 Å². The first-order valence-electron chi connectivity index (χ1n) is 6.73. The van der Waals surface area contributed by atoms with Crippen molar-refractivity contribution in [2.45, 2.75) is 50.5 Å². The summed E-state index contributed by atoms with van der Waals surface area (Å²) < 4.78 is 0. The predicted molar refractivity (Wildman–Crippen MR) is 67.6 cm³/mol. The quantitative estimate of drug-likeness (QED) is 0.284. The second-order valence-electron chi connectivity index (χ2n) is 5.24. The van der Waals surface area contributed by atoms with E-state index in [-0.39, 0.29) is 12.5 Å². The normalized spacial score (nSPS) is 22.9. The van der Waals surface area contributed by atoms with Crippen molar-refractivity contribution in [1.29, 1.82) is 0 Å². The number of rotatable bonds is 2. The second kappa shape index (κ2) is 5.56. The highest BCUT2D eigenvalue weighted by atomic mass is 16.2. The molecule has 1 aliphatic heterocycles. The zero-order chi connectivity index (χ0) is 13.9. The summed E-state index contributed by atoms with van der Waals surface area (Å²) in [5.41, 5.74) is 1.13. The summed E-state index contributed by atoms with van der Waals surface area (Å²) >= 11 is 0. The van der Waals surface area contributed by atoms with Gasteiger partial charge in [-0.05, 0) is 12.8 Å². The maximum absolute atomic E-state index is 12.4. The highest BCUT2D eigenvalue weighted by molar-refractivity contribution is 6.08. The minimum absolute atomic E-state index is 0.289. The van der Waals surface area contributed by atoms with Gasteiger partial charge in [0.15, 0.2) is 0 Å². The highest BCUT2D eigenvalue weighted by Gasteiger charge is 2.50. The average Bonchev–Trinajstić information content (AvgIpc) is 2.59. The third-order valence-electron chi connectivity index (χ3n) is 3.92. The van der Waals surface area contributed by atoms with Gasteiger partial charge < -0.3 is 5.32 Å². The summed E-state index contributed by atoms with van der Waals surface area (Å²) in [6.45, 7) is -0.317. The van der Waals surface area contributed by atoms with Gasteiger partial charge in [-0.15, -0.1) is 0 Å². The molecule has 1 saturated heterocycles. The van der Waals surface area contributed by atoms with E-state index in [0.717, 1.165) is 30.6 Å². The van der Waals surface area contributed by atoms with Crippen LogP contribution in [0.2, 0.25) is 0 Å². The van der Waals surface area contributed by atoms with Gasteiger partial charge in [-0.1, -0.05) is 32.1 Å². The number of amides is 4. The van der Waals surface area contributed by atoms with Gasteiger partial charge in [-0.2, -0.15) is 0 Å². The summed E-state index contributed by atoms with van der Waals surface area (Å²) in [6, 6.07) is -0.492. The number of hydrogen-bond acceptors (Lipinski definition) is 4. The van der Waals surface area contributed by atoms with E-state index < -0.39 is 17.5 Å². The van der Waals surface area contributed by atoms with Crippen LogP contribution in [0.3, 0.4) is 0 Å². The molecule has 4 N–H and O–H groups in total. The van der Waals surface area contributed by atoms with Crippen LogP contribution in [0.5, 0.6) is 0 Å².